The molecule has 0 saturated carbocycles. The van der Waals surface area contributed by atoms with Crippen LogP contribution in [0.15, 0.2) is 35.3 Å². The fraction of sp³-hybridized carbons (Fsp3) is 0.304. The second kappa shape index (κ2) is 7.17. The Morgan fingerprint density at radius 1 is 1.15 bits per heavy atom. The van der Waals surface area contributed by atoms with Gasteiger partial charge in [-0.3, -0.25) is 0 Å². The normalized spacial score (nSPS) is 13.7. The Morgan fingerprint density at radius 2 is 1.96 bits per heavy atom. The molecule has 3 nitrogen and oxygen atoms in total. The number of hydrogen-bond acceptors (Lipinski definition) is 3. The summed E-state index contributed by atoms with van der Waals surface area (Å²) in [7, 11) is 0. The van der Waals surface area contributed by atoms with Gasteiger partial charge < -0.3 is 4.57 Å². The molecule has 0 amide bonds. The number of fused-ring (bicyclic) bond motifs is 1. The van der Waals surface area contributed by atoms with E-state index in [-0.39, 0.29) is 0 Å². The highest BCUT2D eigenvalue weighted by Gasteiger charge is 2.20. The lowest BCUT2D eigenvalue weighted by molar-refractivity contribution is 0.696. The maximum Gasteiger partial charge on any atom is 0.134 e. The van der Waals surface area contributed by atoms with Crippen LogP contribution in [0.25, 0.3) is 5.69 Å². The maximum absolute atomic E-state index is 9.62. The van der Waals surface area contributed by atoms with Crippen LogP contribution in [-0.2, 0) is 12.8 Å². The molecule has 0 aliphatic heterocycles. The maximum atomic E-state index is 9.62. The summed E-state index contributed by atoms with van der Waals surface area (Å²) >= 11 is 1.69. The second-order valence-electron chi connectivity index (χ2n) is 7.26. The van der Waals surface area contributed by atoms with Crippen LogP contribution in [0.1, 0.15) is 51.4 Å². The number of benzene rings is 1. The van der Waals surface area contributed by atoms with E-state index in [0.29, 0.717) is 0 Å². The minimum Gasteiger partial charge on any atom is -0.318 e. The molecule has 0 N–H and O–H groups in total. The monoisotopic (exact) mass is 373 g/mol. The number of thiophene rings is 1. The molecule has 0 atom stereocenters. The Bertz CT molecular complexity index is 1080. The highest BCUT2D eigenvalue weighted by atomic mass is 32.1. The smallest absolute Gasteiger partial charge is 0.134 e. The van der Waals surface area contributed by atoms with Gasteiger partial charge in [-0.2, -0.15) is 5.26 Å². The van der Waals surface area contributed by atoms with E-state index >= 15 is 0 Å². The molecule has 4 heteroatoms. The minimum absolute atomic E-state index is 0.790. The lowest BCUT2D eigenvalue weighted by atomic mass is 9.96. The summed E-state index contributed by atoms with van der Waals surface area (Å²) in [6, 6.07) is 13.1. The second-order valence-corrected chi connectivity index (χ2v) is 8.35. The molecular weight excluding hydrogens is 350 g/mol. The van der Waals surface area contributed by atoms with Crippen molar-refractivity contribution in [2.75, 3.05) is 0 Å². The molecule has 3 aromatic rings. The van der Waals surface area contributed by atoms with Crippen molar-refractivity contribution in [1.29, 1.82) is 5.26 Å². The predicted octanol–water partition coefficient (Wildman–Crippen LogP) is 5.97. The Kier molecular flexibility index (Phi) is 4.72. The van der Waals surface area contributed by atoms with Gasteiger partial charge in [0, 0.05) is 33.7 Å². The molecule has 2 heterocycles. The zero-order chi connectivity index (χ0) is 19.0. The van der Waals surface area contributed by atoms with Crippen molar-refractivity contribution in [3.8, 4) is 11.8 Å². The third-order valence-electron chi connectivity index (χ3n) is 5.32. The van der Waals surface area contributed by atoms with E-state index in [2.05, 4.69) is 61.7 Å². The summed E-state index contributed by atoms with van der Waals surface area (Å²) in [6.07, 6.45) is 6.43. The van der Waals surface area contributed by atoms with Crippen molar-refractivity contribution in [3.63, 3.8) is 0 Å². The van der Waals surface area contributed by atoms with Crippen LogP contribution >= 0.6 is 11.3 Å². The third kappa shape index (κ3) is 3.24. The summed E-state index contributed by atoms with van der Waals surface area (Å²) in [5.74, 6) is 0. The fourth-order valence-corrected chi connectivity index (χ4v) is 5.15. The Labute approximate surface area is 164 Å². The number of aromatic nitrogens is 1. The lowest BCUT2D eigenvalue weighted by Crippen LogP contribution is -1.99. The van der Waals surface area contributed by atoms with Crippen molar-refractivity contribution >= 4 is 22.6 Å². The first kappa shape index (κ1) is 17.8. The first-order chi connectivity index (χ1) is 13.1. The molecule has 27 heavy (non-hydrogen) atoms. The SMILES string of the molecule is Cc1cccc(-n2c(C)cc(C=Nc3sc4c(c3C#N)CCCC4)c2C)c1. The first-order valence-electron chi connectivity index (χ1n) is 9.43. The van der Waals surface area contributed by atoms with Gasteiger partial charge in [0.05, 0.1) is 5.56 Å². The van der Waals surface area contributed by atoms with Crippen LogP contribution in [0.5, 0.6) is 0 Å². The van der Waals surface area contributed by atoms with Gasteiger partial charge in [-0.15, -0.1) is 11.3 Å². The highest BCUT2D eigenvalue weighted by Crippen LogP contribution is 2.39. The average Bonchev–Trinajstić information content (AvgIpc) is 3.16. The Hall–Kier alpha value is -2.64. The summed E-state index contributed by atoms with van der Waals surface area (Å²) in [6.45, 7) is 6.36. The zero-order valence-corrected chi connectivity index (χ0v) is 16.9. The molecule has 1 aromatic carbocycles. The van der Waals surface area contributed by atoms with Gasteiger partial charge in [0.25, 0.3) is 0 Å². The van der Waals surface area contributed by atoms with E-state index in [4.69, 9.17) is 4.99 Å². The van der Waals surface area contributed by atoms with Crippen molar-refractivity contribution in [3.05, 3.63) is 68.9 Å². The first-order valence-corrected chi connectivity index (χ1v) is 10.2. The van der Waals surface area contributed by atoms with E-state index in [0.717, 1.165) is 29.0 Å². The van der Waals surface area contributed by atoms with Crippen LogP contribution < -0.4 is 0 Å². The van der Waals surface area contributed by atoms with Crippen molar-refractivity contribution < 1.29 is 0 Å². The molecule has 4 rings (SSSR count). The molecule has 1 aliphatic carbocycles. The topological polar surface area (TPSA) is 41.1 Å². The molecule has 0 radical (unpaired) electrons. The van der Waals surface area contributed by atoms with Crippen molar-refractivity contribution in [2.24, 2.45) is 4.99 Å². The van der Waals surface area contributed by atoms with Gasteiger partial charge in [-0.05, 0) is 75.8 Å². The molecule has 0 unspecified atom stereocenters. The number of aryl methyl sites for hydroxylation is 3. The molecule has 0 spiro atoms. The van der Waals surface area contributed by atoms with E-state index in [9.17, 15) is 5.26 Å². The third-order valence-corrected chi connectivity index (χ3v) is 6.52. The molecular formula is C23H23N3S. The quantitative estimate of drug-likeness (QED) is 0.522. The largest absolute Gasteiger partial charge is 0.318 e. The van der Waals surface area contributed by atoms with Gasteiger partial charge >= 0.3 is 0 Å². The summed E-state index contributed by atoms with van der Waals surface area (Å²) in [4.78, 5) is 6.09. The molecule has 0 saturated heterocycles. The number of nitrogens with zero attached hydrogens (tertiary/aromatic N) is 3. The number of nitriles is 1. The number of aliphatic imine (C=N–C) groups is 1. The van der Waals surface area contributed by atoms with Gasteiger partial charge in [-0.25, -0.2) is 4.99 Å². The molecule has 0 fully saturated rings. The van der Waals surface area contributed by atoms with Crippen LogP contribution in [-0.4, -0.2) is 10.8 Å². The number of hydrogen-bond donors (Lipinski definition) is 0. The van der Waals surface area contributed by atoms with E-state index in [1.807, 2.05) is 6.21 Å². The van der Waals surface area contributed by atoms with E-state index in [1.54, 1.807) is 11.3 Å². The zero-order valence-electron chi connectivity index (χ0n) is 16.0. The van der Waals surface area contributed by atoms with Gasteiger partial charge in [0.15, 0.2) is 0 Å². The number of rotatable bonds is 3. The Morgan fingerprint density at radius 3 is 2.74 bits per heavy atom. The van der Waals surface area contributed by atoms with E-state index < -0.39 is 0 Å². The van der Waals surface area contributed by atoms with Crippen LogP contribution in [0.4, 0.5) is 5.00 Å². The van der Waals surface area contributed by atoms with Gasteiger partial charge in [-0.1, -0.05) is 12.1 Å². The minimum atomic E-state index is 0.790. The predicted molar refractivity (Wildman–Crippen MR) is 113 cm³/mol. The summed E-state index contributed by atoms with van der Waals surface area (Å²) in [5, 5.41) is 10.5. The average molecular weight is 374 g/mol. The summed E-state index contributed by atoms with van der Waals surface area (Å²) < 4.78 is 2.26. The molecule has 2 aromatic heterocycles. The van der Waals surface area contributed by atoms with Gasteiger partial charge in [0.1, 0.15) is 11.1 Å². The Balaban J connectivity index is 1.71. The van der Waals surface area contributed by atoms with Crippen LogP contribution in [0.3, 0.4) is 0 Å². The molecule has 1 aliphatic rings. The summed E-state index contributed by atoms with van der Waals surface area (Å²) in [5.41, 5.74) is 7.91. The molecule has 136 valence electrons. The van der Waals surface area contributed by atoms with Gasteiger partial charge in [0.2, 0.25) is 0 Å². The molecule has 0 bridgehead atoms. The van der Waals surface area contributed by atoms with Crippen molar-refractivity contribution in [1.82, 2.24) is 4.57 Å². The van der Waals surface area contributed by atoms with Crippen LogP contribution in [0.2, 0.25) is 0 Å². The lowest BCUT2D eigenvalue weighted by Gasteiger charge is -2.10. The van der Waals surface area contributed by atoms with E-state index in [1.165, 1.54) is 45.9 Å². The standard InChI is InChI=1S/C23H23N3S/c1-15-7-6-8-19(11-15)26-16(2)12-18(17(26)3)14-25-23-21(13-24)20-9-4-5-10-22(20)27-23/h6-8,11-12,14H,4-5,9-10H2,1-3H3. The van der Waals surface area contributed by atoms with Crippen LogP contribution in [0, 0.1) is 32.1 Å². The van der Waals surface area contributed by atoms with Crippen molar-refractivity contribution in [2.45, 2.75) is 46.5 Å². The highest BCUT2D eigenvalue weighted by molar-refractivity contribution is 7.16. The fourth-order valence-electron chi connectivity index (χ4n) is 3.97.